The van der Waals surface area contributed by atoms with Crippen LogP contribution in [0.4, 0.5) is 0 Å². The molecule has 0 aliphatic heterocycles. The van der Waals surface area contributed by atoms with Gasteiger partial charge in [-0.15, -0.1) is 5.87 Å². The molecule has 1 aromatic rings. The highest BCUT2D eigenvalue weighted by molar-refractivity contribution is 8.15. The zero-order valence-electron chi connectivity index (χ0n) is 5.21. The number of hydrogen-bond donors (Lipinski definition) is 0. The van der Waals surface area contributed by atoms with Crippen molar-refractivity contribution < 1.29 is 0 Å². The van der Waals surface area contributed by atoms with Crippen molar-refractivity contribution in [1.82, 2.24) is 0 Å². The van der Waals surface area contributed by atoms with Crippen LogP contribution in [0.2, 0.25) is 0 Å². The molecule has 1 rings (SSSR count). The van der Waals surface area contributed by atoms with Crippen molar-refractivity contribution in [3.8, 4) is 0 Å². The van der Waals surface area contributed by atoms with E-state index in [1.165, 1.54) is 4.90 Å². The summed E-state index contributed by atoms with van der Waals surface area (Å²) in [4.78, 5) is 1.22. The molecule has 0 saturated heterocycles. The molecule has 48 valence electrons. The van der Waals surface area contributed by atoms with Gasteiger partial charge in [0.25, 0.3) is 0 Å². The molecule has 0 saturated carbocycles. The Balaban J connectivity index is 2.98. The zero-order valence-corrected chi connectivity index (χ0v) is 6.03. The van der Waals surface area contributed by atoms with E-state index < -0.39 is 0 Å². The smallest absolute Gasteiger partial charge is 0.0284 e. The molecule has 0 spiro atoms. The summed E-state index contributed by atoms with van der Waals surface area (Å²) >= 11 is 0. The van der Waals surface area contributed by atoms with Gasteiger partial charge in [-0.05, 0) is 4.90 Å². The SMILES string of the molecule is C=S([CH2-])c1ccccc1. The molecule has 0 fully saturated rings. The van der Waals surface area contributed by atoms with Crippen LogP contribution in [-0.2, 0) is 0 Å². The third kappa shape index (κ3) is 1.68. The maximum absolute atomic E-state index is 3.83. The Hall–Kier alpha value is -0.560. The lowest BCUT2D eigenvalue weighted by molar-refractivity contribution is 1.47. The van der Waals surface area contributed by atoms with Crippen LogP contribution in [-0.4, -0.2) is 5.87 Å². The Morgan fingerprint density at radius 1 is 1.22 bits per heavy atom. The number of benzene rings is 1. The lowest BCUT2D eigenvalue weighted by Crippen LogP contribution is -1.66. The highest BCUT2D eigenvalue weighted by atomic mass is 32.2. The summed E-state index contributed by atoms with van der Waals surface area (Å²) in [5.41, 5.74) is 0. The average Bonchev–Trinajstić information content (AvgIpc) is 1.90. The molecule has 1 atom stereocenters. The van der Waals surface area contributed by atoms with Crippen LogP contribution < -0.4 is 0 Å². The molecular formula is C8H9S-. The van der Waals surface area contributed by atoms with Gasteiger partial charge in [-0.25, -0.2) is 0 Å². The van der Waals surface area contributed by atoms with Gasteiger partial charge in [-0.1, -0.05) is 30.3 Å². The van der Waals surface area contributed by atoms with Crippen molar-refractivity contribution in [3.05, 3.63) is 36.6 Å². The van der Waals surface area contributed by atoms with Crippen molar-refractivity contribution in [2.75, 3.05) is 0 Å². The van der Waals surface area contributed by atoms with E-state index in [1.807, 2.05) is 30.3 Å². The Bertz CT molecular complexity index is 201. The van der Waals surface area contributed by atoms with Crippen LogP contribution in [0.3, 0.4) is 0 Å². The molecule has 0 radical (unpaired) electrons. The summed E-state index contributed by atoms with van der Waals surface area (Å²) in [5, 5.41) is 0. The van der Waals surface area contributed by atoms with Gasteiger partial charge in [-0.3, -0.25) is 6.26 Å². The fourth-order valence-corrected chi connectivity index (χ4v) is 1.15. The fourth-order valence-electron chi connectivity index (χ4n) is 0.613. The first-order valence-corrected chi connectivity index (χ1v) is 4.26. The van der Waals surface area contributed by atoms with Crippen molar-refractivity contribution in [2.45, 2.75) is 4.90 Å². The van der Waals surface area contributed by atoms with E-state index >= 15 is 0 Å². The summed E-state index contributed by atoms with van der Waals surface area (Å²) in [6.45, 7) is 0. The summed E-state index contributed by atoms with van der Waals surface area (Å²) in [5.74, 6) is 3.83. The van der Waals surface area contributed by atoms with E-state index in [0.717, 1.165) is 0 Å². The van der Waals surface area contributed by atoms with Gasteiger partial charge >= 0.3 is 0 Å². The van der Waals surface area contributed by atoms with Crippen molar-refractivity contribution in [3.63, 3.8) is 0 Å². The van der Waals surface area contributed by atoms with Gasteiger partial charge in [0, 0.05) is 0 Å². The molecule has 1 heteroatoms. The second-order valence-electron chi connectivity index (χ2n) is 1.81. The molecule has 0 bridgehead atoms. The van der Waals surface area contributed by atoms with Gasteiger partial charge in [0.15, 0.2) is 0 Å². The van der Waals surface area contributed by atoms with Gasteiger partial charge in [-0.2, -0.15) is 0 Å². The Labute approximate surface area is 58.5 Å². The molecule has 0 aliphatic rings. The summed E-state index contributed by atoms with van der Waals surface area (Å²) < 4.78 is 0. The molecule has 0 aromatic heterocycles. The molecule has 0 nitrogen and oxygen atoms in total. The predicted molar refractivity (Wildman–Crippen MR) is 44.8 cm³/mol. The number of hydrogen-bond acceptors (Lipinski definition) is 0. The molecule has 1 aromatic carbocycles. The lowest BCUT2D eigenvalue weighted by Gasteiger charge is -2.04. The minimum absolute atomic E-state index is 0.0790. The maximum atomic E-state index is 3.83. The van der Waals surface area contributed by atoms with Crippen LogP contribution in [0.25, 0.3) is 0 Å². The second-order valence-corrected chi connectivity index (χ2v) is 3.26. The minimum atomic E-state index is -0.0790. The van der Waals surface area contributed by atoms with E-state index in [2.05, 4.69) is 12.1 Å². The molecule has 0 aliphatic carbocycles. The van der Waals surface area contributed by atoms with Crippen LogP contribution >= 0.6 is 10.5 Å². The van der Waals surface area contributed by atoms with Crippen molar-refractivity contribution in [2.24, 2.45) is 0 Å². The monoisotopic (exact) mass is 137 g/mol. The average molecular weight is 137 g/mol. The zero-order chi connectivity index (χ0) is 6.69. The molecule has 1 unspecified atom stereocenters. The van der Waals surface area contributed by atoms with E-state index in [9.17, 15) is 0 Å². The van der Waals surface area contributed by atoms with Crippen LogP contribution in [0, 0.1) is 6.26 Å². The van der Waals surface area contributed by atoms with Gasteiger partial charge in [0.2, 0.25) is 0 Å². The molecule has 0 N–H and O–H groups in total. The molecule has 9 heavy (non-hydrogen) atoms. The Morgan fingerprint density at radius 3 is 2.11 bits per heavy atom. The third-order valence-corrected chi connectivity index (χ3v) is 2.02. The highest BCUT2D eigenvalue weighted by Crippen LogP contribution is 2.20. The minimum Gasteiger partial charge on any atom is -0.325 e. The fraction of sp³-hybridized carbons (Fsp3) is 0. The first-order chi connectivity index (χ1) is 4.30. The van der Waals surface area contributed by atoms with Crippen molar-refractivity contribution >= 4 is 16.4 Å². The first-order valence-electron chi connectivity index (χ1n) is 2.69. The van der Waals surface area contributed by atoms with E-state index in [-0.39, 0.29) is 10.5 Å². The first kappa shape index (κ1) is 6.56. The summed E-state index contributed by atoms with van der Waals surface area (Å²) in [6.07, 6.45) is 3.83. The normalized spacial score (nSPS) is 13.0. The van der Waals surface area contributed by atoms with Gasteiger partial charge in [0.05, 0.1) is 0 Å². The molecule has 0 heterocycles. The summed E-state index contributed by atoms with van der Waals surface area (Å²) in [6, 6.07) is 10.1. The molecular weight excluding hydrogens is 128 g/mol. The van der Waals surface area contributed by atoms with E-state index in [4.69, 9.17) is 0 Å². The van der Waals surface area contributed by atoms with Gasteiger partial charge in [0.1, 0.15) is 0 Å². The maximum Gasteiger partial charge on any atom is -0.0284 e. The standard InChI is InChI=1S/C8H9S/c1-9(2)8-6-4-3-5-7-8/h3-7H,1-2H2/q-1. The molecule has 0 amide bonds. The van der Waals surface area contributed by atoms with E-state index in [0.29, 0.717) is 0 Å². The third-order valence-electron chi connectivity index (χ3n) is 1.08. The highest BCUT2D eigenvalue weighted by Gasteiger charge is 1.79. The predicted octanol–water partition coefficient (Wildman–Crippen LogP) is 2.54. The van der Waals surface area contributed by atoms with Crippen LogP contribution in [0.1, 0.15) is 0 Å². The summed E-state index contributed by atoms with van der Waals surface area (Å²) in [7, 11) is -0.0790. The lowest BCUT2D eigenvalue weighted by atomic mass is 10.4. The van der Waals surface area contributed by atoms with E-state index in [1.54, 1.807) is 0 Å². The Kier molecular flexibility index (Phi) is 2.06. The van der Waals surface area contributed by atoms with Crippen LogP contribution in [0.15, 0.2) is 35.2 Å². The number of rotatable bonds is 1. The second kappa shape index (κ2) is 2.83. The van der Waals surface area contributed by atoms with Crippen LogP contribution in [0.5, 0.6) is 0 Å². The topological polar surface area (TPSA) is 0 Å². The van der Waals surface area contributed by atoms with Crippen molar-refractivity contribution in [1.29, 1.82) is 0 Å². The Morgan fingerprint density at radius 2 is 1.78 bits per heavy atom. The largest absolute Gasteiger partial charge is 0.325 e. The quantitative estimate of drug-likeness (QED) is 0.412. The van der Waals surface area contributed by atoms with Gasteiger partial charge < -0.3 is 10.5 Å².